The van der Waals surface area contributed by atoms with E-state index in [1.807, 2.05) is 29.0 Å². The van der Waals surface area contributed by atoms with Crippen LogP contribution in [0.4, 0.5) is 0 Å². The van der Waals surface area contributed by atoms with Crippen LogP contribution in [0.15, 0.2) is 59.6 Å². The predicted molar refractivity (Wildman–Crippen MR) is 109 cm³/mol. The molecular formula is C20H20ClN3O3S. The van der Waals surface area contributed by atoms with E-state index in [0.29, 0.717) is 11.7 Å². The highest BCUT2D eigenvalue weighted by atomic mass is 35.5. The summed E-state index contributed by atoms with van der Waals surface area (Å²) in [7, 11) is -2.35. The van der Waals surface area contributed by atoms with Crippen molar-refractivity contribution in [2.45, 2.75) is 24.7 Å². The van der Waals surface area contributed by atoms with Crippen molar-refractivity contribution in [1.82, 2.24) is 14.3 Å². The molecule has 0 fully saturated rings. The summed E-state index contributed by atoms with van der Waals surface area (Å²) in [4.78, 5) is 16.7. The van der Waals surface area contributed by atoms with Gasteiger partial charge in [-0.3, -0.25) is 4.79 Å². The second kappa shape index (κ2) is 7.77. The molecular weight excluding hydrogens is 398 g/mol. The first kappa shape index (κ1) is 20.1. The lowest BCUT2D eigenvalue weighted by Crippen LogP contribution is -2.31. The molecule has 0 aliphatic carbocycles. The molecule has 28 heavy (non-hydrogen) atoms. The maximum Gasteiger partial charge on any atom is 0.285 e. The first-order valence-electron chi connectivity index (χ1n) is 8.64. The highest BCUT2D eigenvalue weighted by Gasteiger charge is 2.23. The van der Waals surface area contributed by atoms with E-state index in [1.54, 1.807) is 17.7 Å². The molecule has 1 heterocycles. The average Bonchev–Trinajstić information content (AvgIpc) is 3.03. The molecule has 0 aliphatic rings. The SMILES string of the molecule is CC(C)c1cccc(-c2nc(C(=O)NS(=O)(=O)c3ccccc3Cl)cn2C)c1. The van der Waals surface area contributed by atoms with Crippen LogP contribution in [0, 0.1) is 0 Å². The van der Waals surface area contributed by atoms with E-state index in [9.17, 15) is 13.2 Å². The third kappa shape index (κ3) is 4.10. The number of hydrogen-bond acceptors (Lipinski definition) is 4. The van der Waals surface area contributed by atoms with E-state index in [1.165, 1.54) is 24.4 Å². The summed E-state index contributed by atoms with van der Waals surface area (Å²) < 4.78 is 28.6. The lowest BCUT2D eigenvalue weighted by molar-refractivity contribution is 0.0977. The van der Waals surface area contributed by atoms with Crippen molar-refractivity contribution < 1.29 is 13.2 Å². The summed E-state index contributed by atoms with van der Waals surface area (Å²) in [6, 6.07) is 13.8. The molecule has 0 saturated carbocycles. The zero-order valence-corrected chi connectivity index (χ0v) is 17.3. The van der Waals surface area contributed by atoms with Crippen LogP contribution in [-0.2, 0) is 17.1 Å². The van der Waals surface area contributed by atoms with Gasteiger partial charge in [-0.15, -0.1) is 0 Å². The fourth-order valence-electron chi connectivity index (χ4n) is 2.77. The van der Waals surface area contributed by atoms with Crippen molar-refractivity contribution in [3.8, 4) is 11.4 Å². The summed E-state index contributed by atoms with van der Waals surface area (Å²) in [5, 5.41) is 0.0370. The minimum atomic E-state index is -4.11. The molecule has 1 aromatic heterocycles. The minimum absolute atomic E-state index is 0.00285. The van der Waals surface area contributed by atoms with Gasteiger partial charge in [0, 0.05) is 18.8 Å². The lowest BCUT2D eigenvalue weighted by atomic mass is 10.0. The number of halogens is 1. The molecule has 6 nitrogen and oxygen atoms in total. The van der Waals surface area contributed by atoms with E-state index >= 15 is 0 Å². The number of imidazole rings is 1. The van der Waals surface area contributed by atoms with Crippen LogP contribution in [0.1, 0.15) is 35.8 Å². The summed E-state index contributed by atoms with van der Waals surface area (Å²) in [5.74, 6) is 0.105. The molecule has 0 radical (unpaired) electrons. The van der Waals surface area contributed by atoms with Crippen molar-refractivity contribution in [2.24, 2.45) is 7.05 Å². The molecule has 0 atom stereocenters. The molecule has 1 amide bonds. The Balaban J connectivity index is 1.90. The van der Waals surface area contributed by atoms with Gasteiger partial charge in [-0.1, -0.05) is 55.8 Å². The molecule has 0 spiro atoms. The third-order valence-electron chi connectivity index (χ3n) is 4.27. The number of rotatable bonds is 5. The van der Waals surface area contributed by atoms with Crippen molar-refractivity contribution >= 4 is 27.5 Å². The van der Waals surface area contributed by atoms with Crippen molar-refractivity contribution in [1.29, 1.82) is 0 Å². The third-order valence-corrected chi connectivity index (χ3v) is 6.10. The van der Waals surface area contributed by atoms with Gasteiger partial charge in [-0.2, -0.15) is 0 Å². The van der Waals surface area contributed by atoms with E-state index in [0.717, 1.165) is 11.1 Å². The number of sulfonamides is 1. The molecule has 3 rings (SSSR count). The summed E-state index contributed by atoms with van der Waals surface area (Å²) in [6.45, 7) is 4.19. The highest BCUT2D eigenvalue weighted by Crippen LogP contribution is 2.24. The van der Waals surface area contributed by atoms with Gasteiger partial charge in [0.15, 0.2) is 0 Å². The Morgan fingerprint density at radius 3 is 2.54 bits per heavy atom. The van der Waals surface area contributed by atoms with E-state index in [-0.39, 0.29) is 15.6 Å². The van der Waals surface area contributed by atoms with E-state index < -0.39 is 15.9 Å². The van der Waals surface area contributed by atoms with Gasteiger partial charge in [0.05, 0.1) is 5.02 Å². The van der Waals surface area contributed by atoms with Gasteiger partial charge < -0.3 is 4.57 Å². The Kier molecular flexibility index (Phi) is 5.58. The van der Waals surface area contributed by atoms with E-state index in [4.69, 9.17) is 11.6 Å². The number of aryl methyl sites for hydroxylation is 1. The molecule has 0 bridgehead atoms. The standard InChI is InChI=1S/C20H20ClN3O3S/c1-13(2)14-7-6-8-15(11-14)19-22-17(12-24(19)3)20(25)23-28(26,27)18-10-5-4-9-16(18)21/h4-13H,1-3H3,(H,23,25). The molecule has 146 valence electrons. The van der Waals surface area contributed by atoms with Crippen molar-refractivity contribution in [2.75, 3.05) is 0 Å². The Morgan fingerprint density at radius 2 is 1.86 bits per heavy atom. The molecule has 1 N–H and O–H groups in total. The van der Waals surface area contributed by atoms with Gasteiger partial charge in [-0.05, 0) is 29.7 Å². The Bertz CT molecular complexity index is 1140. The van der Waals surface area contributed by atoms with Crippen LogP contribution >= 0.6 is 11.6 Å². The average molecular weight is 418 g/mol. The topological polar surface area (TPSA) is 81.1 Å². The fraction of sp³-hybridized carbons (Fsp3) is 0.200. The monoisotopic (exact) mass is 417 g/mol. The Morgan fingerprint density at radius 1 is 1.14 bits per heavy atom. The number of carbonyl (C=O) groups is 1. The van der Waals surface area contributed by atoms with Gasteiger partial charge in [-0.25, -0.2) is 18.1 Å². The number of aromatic nitrogens is 2. The van der Waals surface area contributed by atoms with Crippen LogP contribution in [0.5, 0.6) is 0 Å². The van der Waals surface area contributed by atoms with Gasteiger partial charge >= 0.3 is 0 Å². The number of nitrogens with zero attached hydrogens (tertiary/aromatic N) is 2. The fourth-order valence-corrected chi connectivity index (χ4v) is 4.25. The summed E-state index contributed by atoms with van der Waals surface area (Å²) in [6.07, 6.45) is 1.49. The number of hydrogen-bond donors (Lipinski definition) is 1. The first-order valence-corrected chi connectivity index (χ1v) is 10.5. The summed E-state index contributed by atoms with van der Waals surface area (Å²) in [5.41, 5.74) is 2.00. The van der Waals surface area contributed by atoms with Crippen LogP contribution < -0.4 is 4.72 Å². The molecule has 3 aromatic rings. The molecule has 8 heteroatoms. The van der Waals surface area contributed by atoms with Crippen LogP contribution in [-0.4, -0.2) is 23.9 Å². The molecule has 0 aliphatic heterocycles. The predicted octanol–water partition coefficient (Wildman–Crippen LogP) is 3.98. The molecule has 0 unspecified atom stereocenters. The maximum absolute atomic E-state index is 12.5. The molecule has 2 aromatic carbocycles. The maximum atomic E-state index is 12.5. The zero-order chi connectivity index (χ0) is 20.5. The second-order valence-electron chi connectivity index (χ2n) is 6.71. The molecule has 0 saturated heterocycles. The van der Waals surface area contributed by atoms with Gasteiger partial charge in [0.2, 0.25) is 0 Å². The van der Waals surface area contributed by atoms with Gasteiger partial charge in [0.25, 0.3) is 15.9 Å². The number of amides is 1. The largest absolute Gasteiger partial charge is 0.333 e. The number of carbonyl (C=O) groups excluding carboxylic acids is 1. The Hall–Kier alpha value is -2.64. The minimum Gasteiger partial charge on any atom is -0.333 e. The smallest absolute Gasteiger partial charge is 0.285 e. The normalized spacial score (nSPS) is 11.6. The first-order chi connectivity index (χ1) is 13.2. The Labute approximate surface area is 169 Å². The lowest BCUT2D eigenvalue weighted by Gasteiger charge is -2.08. The van der Waals surface area contributed by atoms with Crippen LogP contribution in [0.2, 0.25) is 5.02 Å². The quantitative estimate of drug-likeness (QED) is 0.680. The van der Waals surface area contributed by atoms with Crippen molar-refractivity contribution in [3.63, 3.8) is 0 Å². The van der Waals surface area contributed by atoms with Crippen LogP contribution in [0.25, 0.3) is 11.4 Å². The van der Waals surface area contributed by atoms with Crippen LogP contribution in [0.3, 0.4) is 0 Å². The highest BCUT2D eigenvalue weighted by molar-refractivity contribution is 7.90. The zero-order valence-electron chi connectivity index (χ0n) is 15.7. The number of benzene rings is 2. The van der Waals surface area contributed by atoms with Crippen molar-refractivity contribution in [3.05, 3.63) is 71.0 Å². The summed E-state index contributed by atoms with van der Waals surface area (Å²) >= 11 is 5.94. The van der Waals surface area contributed by atoms with E-state index in [2.05, 4.69) is 18.8 Å². The number of nitrogens with one attached hydrogen (secondary N) is 1. The second-order valence-corrected chi connectivity index (χ2v) is 8.76. The van der Waals surface area contributed by atoms with Gasteiger partial charge in [0.1, 0.15) is 16.4 Å².